The predicted molar refractivity (Wildman–Crippen MR) is 61.9 cm³/mol. The van der Waals surface area contributed by atoms with Gasteiger partial charge in [-0.2, -0.15) is 13.2 Å². The monoisotopic (exact) mass is 320 g/mol. The second kappa shape index (κ2) is 4.78. The first-order chi connectivity index (χ1) is 8.39. The van der Waals surface area contributed by atoms with E-state index >= 15 is 0 Å². The second-order valence-electron chi connectivity index (χ2n) is 3.68. The van der Waals surface area contributed by atoms with Gasteiger partial charge in [0.25, 0.3) is 0 Å². The molecule has 6 heteroatoms. The smallest absolute Gasteiger partial charge is 0.416 e. The third kappa shape index (κ3) is 2.59. The maximum Gasteiger partial charge on any atom is 0.416 e. The van der Waals surface area contributed by atoms with Crippen molar-refractivity contribution in [1.29, 1.82) is 0 Å². The summed E-state index contributed by atoms with van der Waals surface area (Å²) >= 11 is 3.07. The molecule has 1 heterocycles. The summed E-state index contributed by atoms with van der Waals surface area (Å²) in [4.78, 5) is 0. The molecular weight excluding hydrogens is 313 g/mol. The van der Waals surface area contributed by atoms with Crippen LogP contribution in [0.3, 0.4) is 0 Å². The van der Waals surface area contributed by atoms with Gasteiger partial charge in [0.2, 0.25) is 0 Å². The van der Waals surface area contributed by atoms with E-state index in [2.05, 4.69) is 15.9 Å². The second-order valence-corrected chi connectivity index (χ2v) is 4.40. The van der Waals surface area contributed by atoms with Gasteiger partial charge in [0.05, 0.1) is 11.8 Å². The summed E-state index contributed by atoms with van der Waals surface area (Å²) in [6, 6.07) is 6.06. The van der Waals surface area contributed by atoms with E-state index in [1.807, 2.05) is 0 Å². The molecule has 0 radical (unpaired) electrons. The number of aliphatic hydroxyl groups excluding tert-OH is 1. The normalized spacial score (nSPS) is 13.6. The van der Waals surface area contributed by atoms with Gasteiger partial charge in [0, 0.05) is 5.56 Å². The molecule has 2 aromatic rings. The molecule has 1 aromatic carbocycles. The minimum Gasteiger partial charge on any atom is -0.457 e. The highest BCUT2D eigenvalue weighted by Crippen LogP contribution is 2.34. The predicted octanol–water partition coefficient (Wildman–Crippen LogP) is 4.14. The molecular formula is C12H8BrF3O2. The first kappa shape index (κ1) is 13.2. The van der Waals surface area contributed by atoms with Crippen molar-refractivity contribution in [1.82, 2.24) is 0 Å². The Morgan fingerprint density at radius 3 is 2.50 bits per heavy atom. The number of benzene rings is 1. The van der Waals surface area contributed by atoms with Crippen LogP contribution in [0.1, 0.15) is 22.8 Å². The van der Waals surface area contributed by atoms with Gasteiger partial charge in [0.15, 0.2) is 4.67 Å². The van der Waals surface area contributed by atoms with E-state index in [9.17, 15) is 18.3 Å². The van der Waals surface area contributed by atoms with Crippen molar-refractivity contribution in [2.75, 3.05) is 0 Å². The molecule has 2 nitrogen and oxygen atoms in total. The Balaban J connectivity index is 2.38. The van der Waals surface area contributed by atoms with Gasteiger partial charge < -0.3 is 9.52 Å². The number of aliphatic hydroxyl groups is 1. The quantitative estimate of drug-likeness (QED) is 0.902. The molecule has 0 spiro atoms. The lowest BCUT2D eigenvalue weighted by molar-refractivity contribution is -0.137. The van der Waals surface area contributed by atoms with Crippen LogP contribution in [-0.2, 0) is 6.18 Å². The molecule has 1 atom stereocenters. The Hall–Kier alpha value is -1.27. The third-order valence-electron chi connectivity index (χ3n) is 2.47. The molecule has 0 aliphatic rings. The van der Waals surface area contributed by atoms with Gasteiger partial charge in [-0.1, -0.05) is 12.1 Å². The molecule has 0 saturated carbocycles. The van der Waals surface area contributed by atoms with Crippen LogP contribution < -0.4 is 0 Å². The van der Waals surface area contributed by atoms with E-state index < -0.39 is 17.8 Å². The molecule has 0 fully saturated rings. The largest absolute Gasteiger partial charge is 0.457 e. The summed E-state index contributed by atoms with van der Waals surface area (Å²) in [6.45, 7) is 0. The highest BCUT2D eigenvalue weighted by molar-refractivity contribution is 9.10. The molecule has 18 heavy (non-hydrogen) atoms. The van der Waals surface area contributed by atoms with E-state index in [4.69, 9.17) is 4.42 Å². The highest BCUT2D eigenvalue weighted by Gasteiger charge is 2.31. The molecule has 0 saturated heterocycles. The zero-order valence-electron chi connectivity index (χ0n) is 8.91. The van der Waals surface area contributed by atoms with E-state index in [1.54, 1.807) is 0 Å². The number of alkyl halides is 3. The van der Waals surface area contributed by atoms with Crippen LogP contribution in [0.2, 0.25) is 0 Å². The van der Waals surface area contributed by atoms with Gasteiger partial charge >= 0.3 is 6.18 Å². The molecule has 0 aliphatic heterocycles. The SMILES string of the molecule is OC(c1cccc(C(F)(F)F)c1)c1ccoc1Br. The third-order valence-corrected chi connectivity index (χ3v) is 3.12. The molecule has 0 amide bonds. The van der Waals surface area contributed by atoms with Gasteiger partial charge in [-0.05, 0) is 39.7 Å². The van der Waals surface area contributed by atoms with Crippen LogP contribution in [-0.4, -0.2) is 5.11 Å². The van der Waals surface area contributed by atoms with Crippen molar-refractivity contribution < 1.29 is 22.7 Å². The first-order valence-electron chi connectivity index (χ1n) is 4.97. The fourth-order valence-electron chi connectivity index (χ4n) is 1.56. The van der Waals surface area contributed by atoms with Crippen LogP contribution in [0.5, 0.6) is 0 Å². The fraction of sp³-hybridized carbons (Fsp3) is 0.167. The average molecular weight is 321 g/mol. The van der Waals surface area contributed by atoms with Crippen LogP contribution in [0, 0.1) is 0 Å². The molecule has 96 valence electrons. The minimum atomic E-state index is -4.43. The summed E-state index contributed by atoms with van der Waals surface area (Å²) < 4.78 is 42.9. The molecule has 1 N–H and O–H groups in total. The number of hydrogen-bond acceptors (Lipinski definition) is 2. The number of halogens is 4. The minimum absolute atomic E-state index is 0.159. The topological polar surface area (TPSA) is 33.4 Å². The van der Waals surface area contributed by atoms with Crippen molar-refractivity contribution in [3.8, 4) is 0 Å². The van der Waals surface area contributed by atoms with Crippen LogP contribution in [0.4, 0.5) is 13.2 Å². The van der Waals surface area contributed by atoms with Crippen LogP contribution in [0.15, 0.2) is 45.7 Å². The van der Waals surface area contributed by atoms with Crippen molar-refractivity contribution >= 4 is 15.9 Å². The van der Waals surface area contributed by atoms with Crippen molar-refractivity contribution in [2.24, 2.45) is 0 Å². The average Bonchev–Trinajstić information content (AvgIpc) is 2.73. The van der Waals surface area contributed by atoms with E-state index in [-0.39, 0.29) is 5.56 Å². The van der Waals surface area contributed by atoms with Gasteiger partial charge in [0.1, 0.15) is 6.10 Å². The Kier molecular flexibility index (Phi) is 3.49. The van der Waals surface area contributed by atoms with Crippen LogP contribution >= 0.6 is 15.9 Å². The number of furan rings is 1. The molecule has 1 aromatic heterocycles. The number of hydrogen-bond donors (Lipinski definition) is 1. The lowest BCUT2D eigenvalue weighted by Crippen LogP contribution is -2.07. The lowest BCUT2D eigenvalue weighted by atomic mass is 10.0. The maximum absolute atomic E-state index is 12.5. The van der Waals surface area contributed by atoms with E-state index in [0.717, 1.165) is 12.1 Å². The summed E-state index contributed by atoms with van der Waals surface area (Å²) in [6.07, 6.45) is -4.25. The molecule has 2 rings (SSSR count). The van der Waals surface area contributed by atoms with Crippen molar-refractivity contribution in [2.45, 2.75) is 12.3 Å². The Bertz CT molecular complexity index is 548. The number of rotatable bonds is 2. The Morgan fingerprint density at radius 1 is 1.22 bits per heavy atom. The van der Waals surface area contributed by atoms with E-state index in [0.29, 0.717) is 10.2 Å². The van der Waals surface area contributed by atoms with Crippen LogP contribution in [0.25, 0.3) is 0 Å². The Morgan fingerprint density at radius 2 is 1.94 bits per heavy atom. The fourth-order valence-corrected chi connectivity index (χ4v) is 2.02. The maximum atomic E-state index is 12.5. The zero-order chi connectivity index (χ0) is 13.3. The molecule has 0 bridgehead atoms. The summed E-state index contributed by atoms with van der Waals surface area (Å²) in [5, 5.41) is 9.99. The summed E-state index contributed by atoms with van der Waals surface area (Å²) in [5.74, 6) is 0. The summed E-state index contributed by atoms with van der Waals surface area (Å²) in [5.41, 5.74) is -0.250. The van der Waals surface area contributed by atoms with Gasteiger partial charge in [-0.25, -0.2) is 0 Å². The zero-order valence-corrected chi connectivity index (χ0v) is 10.5. The highest BCUT2D eigenvalue weighted by atomic mass is 79.9. The van der Waals surface area contributed by atoms with Crippen molar-refractivity contribution in [3.05, 3.63) is 58.0 Å². The lowest BCUT2D eigenvalue weighted by Gasteiger charge is -2.12. The standard InChI is InChI=1S/C12H8BrF3O2/c13-11-9(4-5-18-11)10(17)7-2-1-3-8(6-7)12(14,15)16/h1-6,10,17H. The molecule has 0 aliphatic carbocycles. The van der Waals surface area contributed by atoms with Gasteiger partial charge in [-0.15, -0.1) is 0 Å². The molecule has 1 unspecified atom stereocenters. The first-order valence-corrected chi connectivity index (χ1v) is 5.77. The van der Waals surface area contributed by atoms with Crippen molar-refractivity contribution in [3.63, 3.8) is 0 Å². The Labute approximate surface area is 109 Å². The van der Waals surface area contributed by atoms with Gasteiger partial charge in [-0.3, -0.25) is 0 Å². The van der Waals surface area contributed by atoms with E-state index in [1.165, 1.54) is 24.5 Å². The summed E-state index contributed by atoms with van der Waals surface area (Å²) in [7, 11) is 0.